The molecule has 0 aromatic rings. The molecule has 2 atom stereocenters. The molecule has 0 saturated carbocycles. The Labute approximate surface area is 424 Å². The van der Waals surface area contributed by atoms with Crippen molar-refractivity contribution in [2.24, 2.45) is 0 Å². The van der Waals surface area contributed by atoms with Crippen LogP contribution in [0.5, 0.6) is 0 Å². The number of nitrogens with zero attached hydrogens (tertiary/aromatic N) is 1. The Morgan fingerprint density at radius 1 is 0.449 bits per heavy atom. The first-order valence-electron chi connectivity index (χ1n) is 26.9. The molecule has 0 heterocycles. The second kappa shape index (κ2) is 51.0. The van der Waals surface area contributed by atoms with Gasteiger partial charge in [0, 0.05) is 13.0 Å². The summed E-state index contributed by atoms with van der Waals surface area (Å²) in [6, 6.07) is 0. The van der Waals surface area contributed by atoms with Gasteiger partial charge in [0.05, 0.1) is 34.4 Å². The number of unbranched alkanes of at least 4 members (excludes halogenated alkanes) is 12. The summed E-state index contributed by atoms with van der Waals surface area (Å²) in [6.45, 7) is 5.10. The van der Waals surface area contributed by atoms with Gasteiger partial charge in [-0.3, -0.25) is 9.36 Å². The van der Waals surface area contributed by atoms with Crippen molar-refractivity contribution in [3.63, 3.8) is 0 Å². The molecule has 0 aromatic heterocycles. The van der Waals surface area contributed by atoms with Crippen LogP contribution in [0.25, 0.3) is 0 Å². The third-order valence-electron chi connectivity index (χ3n) is 10.7. The summed E-state index contributed by atoms with van der Waals surface area (Å²) in [5.74, 6) is -0.360. The van der Waals surface area contributed by atoms with E-state index < -0.39 is 13.9 Å². The molecule has 8 nitrogen and oxygen atoms in total. The number of esters is 1. The highest BCUT2D eigenvalue weighted by Crippen LogP contribution is 2.38. The number of rotatable bonds is 48. The predicted molar refractivity (Wildman–Crippen MR) is 295 cm³/mol. The van der Waals surface area contributed by atoms with Gasteiger partial charge in [0.2, 0.25) is 0 Å². The van der Waals surface area contributed by atoms with Gasteiger partial charge >= 0.3 is 5.97 Å². The summed E-state index contributed by atoms with van der Waals surface area (Å²) in [6.07, 6.45) is 74.8. The van der Waals surface area contributed by atoms with Crippen molar-refractivity contribution in [2.45, 2.75) is 187 Å². The fourth-order valence-electron chi connectivity index (χ4n) is 6.63. The average Bonchev–Trinajstić information content (AvgIpc) is 3.31. The number of phosphoric acid groups is 1. The van der Waals surface area contributed by atoms with Crippen molar-refractivity contribution in [3.8, 4) is 0 Å². The maximum absolute atomic E-state index is 12.8. The van der Waals surface area contributed by atoms with Gasteiger partial charge in [-0.05, 0) is 109 Å². The van der Waals surface area contributed by atoms with Crippen LogP contribution < -0.4 is 4.89 Å². The van der Waals surface area contributed by atoms with Crippen molar-refractivity contribution < 1.29 is 37.3 Å². The monoisotopic (exact) mass is 978 g/mol. The minimum Gasteiger partial charge on any atom is -0.756 e. The molecule has 392 valence electrons. The van der Waals surface area contributed by atoms with Gasteiger partial charge in [-0.25, -0.2) is 0 Å². The average molecular weight is 978 g/mol. The minimum atomic E-state index is -4.55. The lowest BCUT2D eigenvalue weighted by atomic mass is 10.1. The summed E-state index contributed by atoms with van der Waals surface area (Å²) < 4.78 is 34.8. The lowest BCUT2D eigenvalue weighted by Gasteiger charge is -2.28. The second-order valence-electron chi connectivity index (χ2n) is 18.5. The zero-order chi connectivity index (χ0) is 50.5. The summed E-state index contributed by atoms with van der Waals surface area (Å²) in [4.78, 5) is 25.2. The maximum Gasteiger partial charge on any atom is 0.306 e. The number of allylic oxidation sites excluding steroid dienone is 22. The Kier molecular flexibility index (Phi) is 48.5. The molecule has 0 N–H and O–H groups in total. The molecule has 0 aliphatic rings. The van der Waals surface area contributed by atoms with Crippen molar-refractivity contribution in [3.05, 3.63) is 134 Å². The van der Waals surface area contributed by atoms with Crippen LogP contribution in [0.3, 0.4) is 0 Å². The fraction of sp³-hybridized carbons (Fsp3) is 0.617. The number of hydrogen-bond donors (Lipinski definition) is 0. The van der Waals surface area contributed by atoms with E-state index in [9.17, 15) is 14.3 Å². The third-order valence-corrected chi connectivity index (χ3v) is 11.7. The van der Waals surface area contributed by atoms with Gasteiger partial charge in [-0.2, -0.15) is 0 Å². The van der Waals surface area contributed by atoms with Crippen LogP contribution in [0.4, 0.5) is 0 Å². The Morgan fingerprint density at radius 3 is 1.19 bits per heavy atom. The molecule has 0 aliphatic carbocycles. The highest BCUT2D eigenvalue weighted by atomic mass is 31.2. The number of phosphoric ester groups is 1. The summed E-state index contributed by atoms with van der Waals surface area (Å²) in [5, 5.41) is 0. The van der Waals surface area contributed by atoms with Crippen LogP contribution >= 0.6 is 7.82 Å². The van der Waals surface area contributed by atoms with E-state index in [4.69, 9.17) is 18.5 Å². The maximum atomic E-state index is 12.8. The number of ether oxygens (including phenoxy) is 2. The van der Waals surface area contributed by atoms with E-state index in [1.165, 1.54) is 32.1 Å². The molecule has 0 saturated heterocycles. The van der Waals surface area contributed by atoms with E-state index in [0.717, 1.165) is 128 Å². The first-order chi connectivity index (χ1) is 33.6. The second-order valence-corrected chi connectivity index (χ2v) is 19.9. The topological polar surface area (TPSA) is 94.1 Å². The molecule has 0 radical (unpaired) electrons. The SMILES string of the molecule is CC/C=C\C/C=C\C/C=C\C/C=C\C/C=C\C/C=C\CCCCCCCCC(=O)OC(COCCCCCCCC/C=C\C/C=C\C/C=C\C/C=C\C/C=C\CC)COP(=O)([O-])OCC[N+](C)(C)C. The first kappa shape index (κ1) is 65.6. The quantitative estimate of drug-likeness (QED) is 0.0197. The van der Waals surface area contributed by atoms with Crippen LogP contribution in [-0.2, 0) is 27.9 Å². The molecule has 0 aromatic carbocycles. The number of quaternary nitrogens is 1. The van der Waals surface area contributed by atoms with Gasteiger partial charge in [-0.15, -0.1) is 0 Å². The van der Waals surface area contributed by atoms with E-state index in [1.807, 2.05) is 21.1 Å². The molecule has 2 unspecified atom stereocenters. The number of hydrogen-bond acceptors (Lipinski definition) is 7. The van der Waals surface area contributed by atoms with E-state index in [0.29, 0.717) is 17.6 Å². The lowest BCUT2D eigenvalue weighted by Crippen LogP contribution is -2.37. The number of carbonyl (C=O) groups is 1. The van der Waals surface area contributed by atoms with Crippen molar-refractivity contribution in [2.75, 3.05) is 54.1 Å². The van der Waals surface area contributed by atoms with E-state index in [-0.39, 0.29) is 32.2 Å². The highest BCUT2D eigenvalue weighted by molar-refractivity contribution is 7.45. The Hall–Kier alpha value is -3.36. The van der Waals surface area contributed by atoms with Crippen LogP contribution in [0, 0.1) is 0 Å². The van der Waals surface area contributed by atoms with Crippen molar-refractivity contribution >= 4 is 13.8 Å². The van der Waals surface area contributed by atoms with Gasteiger partial charge in [0.1, 0.15) is 19.3 Å². The molecule has 0 spiro atoms. The Balaban J connectivity index is 4.24. The molecule has 0 bridgehead atoms. The van der Waals surface area contributed by atoms with Gasteiger partial charge in [0.25, 0.3) is 7.82 Å². The fourth-order valence-corrected chi connectivity index (χ4v) is 7.36. The van der Waals surface area contributed by atoms with Gasteiger partial charge < -0.3 is 27.9 Å². The third kappa shape index (κ3) is 55.4. The number of likely N-dealkylation sites (N-methyl/N-ethyl adjacent to an activating group) is 1. The van der Waals surface area contributed by atoms with Gasteiger partial charge in [0.15, 0.2) is 0 Å². The predicted octanol–water partition coefficient (Wildman–Crippen LogP) is 16.4. The lowest BCUT2D eigenvalue weighted by molar-refractivity contribution is -0.870. The normalized spacial score (nSPS) is 14.6. The molecule has 69 heavy (non-hydrogen) atoms. The van der Waals surface area contributed by atoms with Crippen molar-refractivity contribution in [1.29, 1.82) is 0 Å². The van der Waals surface area contributed by atoms with E-state index in [2.05, 4.69) is 148 Å². The van der Waals surface area contributed by atoms with Crippen LogP contribution in [0.15, 0.2) is 134 Å². The molecule has 9 heteroatoms. The Bertz CT molecular complexity index is 1560. The summed E-state index contributed by atoms with van der Waals surface area (Å²) in [5.41, 5.74) is 0. The number of carbonyl (C=O) groups excluding carboxylic acids is 1. The largest absolute Gasteiger partial charge is 0.756 e. The van der Waals surface area contributed by atoms with Gasteiger partial charge in [-0.1, -0.05) is 199 Å². The standard InChI is InChI=1S/C60H100NO7P/c1-6-8-10-12-14-16-18-20-22-24-26-28-30-31-32-33-35-37-39-41-43-45-47-49-51-53-60(62)68-59(58-67-69(63,64)66-56-54-61(3,4)5)57-65-55-52-50-48-46-44-42-40-38-36-34-29-27-25-23-21-19-17-15-13-11-9-7-2/h8-11,14-17,20-23,26-29,31-32,35-38,59H,6-7,12-13,18-19,24-25,30,33-34,39-58H2,1-5H3/b10-8-,11-9-,16-14-,17-15-,22-20-,23-21-,28-26-,29-27-,32-31-,37-35-,38-36-. The summed E-state index contributed by atoms with van der Waals surface area (Å²) in [7, 11) is 1.31. The smallest absolute Gasteiger partial charge is 0.306 e. The Morgan fingerprint density at radius 2 is 0.797 bits per heavy atom. The molecular weight excluding hydrogens is 878 g/mol. The summed E-state index contributed by atoms with van der Waals surface area (Å²) >= 11 is 0. The van der Waals surface area contributed by atoms with Crippen LogP contribution in [-0.4, -0.2) is 70.7 Å². The zero-order valence-electron chi connectivity index (χ0n) is 44.5. The van der Waals surface area contributed by atoms with E-state index in [1.54, 1.807) is 0 Å². The van der Waals surface area contributed by atoms with Crippen LogP contribution in [0.1, 0.15) is 181 Å². The minimum absolute atomic E-state index is 0.0110. The highest BCUT2D eigenvalue weighted by Gasteiger charge is 2.20. The molecule has 0 amide bonds. The zero-order valence-corrected chi connectivity index (χ0v) is 45.3. The molecule has 0 aliphatic heterocycles. The first-order valence-corrected chi connectivity index (χ1v) is 28.4. The molecule has 0 fully saturated rings. The van der Waals surface area contributed by atoms with E-state index >= 15 is 0 Å². The molecular formula is C60H100NO7P. The van der Waals surface area contributed by atoms with Crippen LogP contribution in [0.2, 0.25) is 0 Å². The molecule has 0 rings (SSSR count). The van der Waals surface area contributed by atoms with Crippen molar-refractivity contribution in [1.82, 2.24) is 0 Å².